The van der Waals surface area contributed by atoms with E-state index in [1.807, 2.05) is 0 Å². The summed E-state index contributed by atoms with van der Waals surface area (Å²) in [5.74, 6) is 0.804. The Bertz CT molecular complexity index is 972. The van der Waals surface area contributed by atoms with E-state index in [0.717, 1.165) is 10.4 Å². The molecule has 0 saturated carbocycles. The van der Waals surface area contributed by atoms with Crippen molar-refractivity contribution in [3.05, 3.63) is 64.7 Å². The van der Waals surface area contributed by atoms with Crippen LogP contribution in [0.4, 0.5) is 11.4 Å². The molecule has 0 atom stereocenters. The van der Waals surface area contributed by atoms with E-state index in [4.69, 9.17) is 9.47 Å². The van der Waals surface area contributed by atoms with Crippen LogP contribution in [0.2, 0.25) is 0 Å². The molecular weight excluding hydrogens is 372 g/mol. The lowest BCUT2D eigenvalue weighted by Gasteiger charge is -2.24. The predicted molar refractivity (Wildman–Crippen MR) is 102 cm³/mol. The molecule has 0 spiro atoms. The zero-order valence-electron chi connectivity index (χ0n) is 15.2. The molecule has 0 aliphatic carbocycles. The largest absolute Gasteiger partial charge is 0.493 e. The standard InChI is InChI=1S/C18H20N2O6S/c1-5-10-19(14-8-9-16(25-3)17(11-14)26-4)27(23,24)18-12-15(20(21)22)7-6-13(18)2/h5-9,11-12H,1,10H2,2-4H3. The molecule has 27 heavy (non-hydrogen) atoms. The van der Waals surface area contributed by atoms with Gasteiger partial charge in [-0.15, -0.1) is 6.58 Å². The van der Waals surface area contributed by atoms with Crippen molar-refractivity contribution in [2.45, 2.75) is 11.8 Å². The highest BCUT2D eigenvalue weighted by atomic mass is 32.2. The fourth-order valence-electron chi connectivity index (χ4n) is 2.54. The Balaban J connectivity index is 2.64. The van der Waals surface area contributed by atoms with Gasteiger partial charge in [-0.05, 0) is 24.6 Å². The summed E-state index contributed by atoms with van der Waals surface area (Å²) in [7, 11) is -1.17. The van der Waals surface area contributed by atoms with Crippen molar-refractivity contribution in [3.63, 3.8) is 0 Å². The number of hydrogen-bond donors (Lipinski definition) is 0. The van der Waals surface area contributed by atoms with Crippen LogP contribution in [0.3, 0.4) is 0 Å². The van der Waals surface area contributed by atoms with E-state index in [1.165, 1.54) is 38.5 Å². The molecule has 8 nitrogen and oxygen atoms in total. The van der Waals surface area contributed by atoms with Gasteiger partial charge in [0.15, 0.2) is 11.5 Å². The highest BCUT2D eigenvalue weighted by Gasteiger charge is 2.28. The van der Waals surface area contributed by atoms with Gasteiger partial charge in [-0.2, -0.15) is 0 Å². The molecule has 0 heterocycles. The lowest BCUT2D eigenvalue weighted by atomic mass is 10.2. The Morgan fingerprint density at radius 1 is 1.15 bits per heavy atom. The van der Waals surface area contributed by atoms with Gasteiger partial charge in [-0.3, -0.25) is 14.4 Å². The minimum atomic E-state index is -4.09. The van der Waals surface area contributed by atoms with E-state index in [9.17, 15) is 18.5 Å². The fourth-order valence-corrected chi connectivity index (χ4v) is 4.21. The highest BCUT2D eigenvalue weighted by molar-refractivity contribution is 7.92. The third kappa shape index (κ3) is 4.03. The van der Waals surface area contributed by atoms with Crippen LogP contribution in [0.15, 0.2) is 53.9 Å². The second kappa shape index (κ2) is 8.09. The molecule has 2 rings (SSSR count). The second-order valence-corrected chi connectivity index (χ2v) is 7.40. The summed E-state index contributed by atoms with van der Waals surface area (Å²) in [4.78, 5) is 10.3. The van der Waals surface area contributed by atoms with Gasteiger partial charge >= 0.3 is 0 Å². The molecule has 0 amide bonds. The van der Waals surface area contributed by atoms with Crippen molar-refractivity contribution in [1.29, 1.82) is 0 Å². The topological polar surface area (TPSA) is 99.0 Å². The number of hydrogen-bond acceptors (Lipinski definition) is 6. The van der Waals surface area contributed by atoms with E-state index in [-0.39, 0.29) is 17.1 Å². The lowest BCUT2D eigenvalue weighted by molar-refractivity contribution is -0.385. The first-order valence-corrected chi connectivity index (χ1v) is 9.31. The molecule has 0 N–H and O–H groups in total. The van der Waals surface area contributed by atoms with Crippen molar-refractivity contribution < 1.29 is 22.8 Å². The summed E-state index contributed by atoms with van der Waals surface area (Å²) >= 11 is 0. The van der Waals surface area contributed by atoms with Gasteiger partial charge in [0.2, 0.25) is 0 Å². The van der Waals surface area contributed by atoms with Gasteiger partial charge in [0.05, 0.1) is 36.3 Å². The highest BCUT2D eigenvalue weighted by Crippen LogP contribution is 2.34. The summed E-state index contributed by atoms with van der Waals surface area (Å²) in [5, 5.41) is 11.1. The molecule has 0 aromatic heterocycles. The minimum Gasteiger partial charge on any atom is -0.493 e. The number of methoxy groups -OCH3 is 2. The molecule has 0 radical (unpaired) electrons. The van der Waals surface area contributed by atoms with Gasteiger partial charge < -0.3 is 9.47 Å². The van der Waals surface area contributed by atoms with Crippen LogP contribution in [0.25, 0.3) is 0 Å². The molecule has 0 fully saturated rings. The van der Waals surface area contributed by atoms with Crippen LogP contribution < -0.4 is 13.8 Å². The van der Waals surface area contributed by atoms with E-state index in [1.54, 1.807) is 19.1 Å². The summed E-state index contributed by atoms with van der Waals surface area (Å²) < 4.78 is 38.0. The average Bonchev–Trinajstić information content (AvgIpc) is 2.65. The van der Waals surface area contributed by atoms with E-state index >= 15 is 0 Å². The molecule has 2 aromatic rings. The first-order valence-electron chi connectivity index (χ1n) is 7.87. The smallest absolute Gasteiger partial charge is 0.270 e. The number of anilines is 1. The fraction of sp³-hybridized carbons (Fsp3) is 0.222. The maximum Gasteiger partial charge on any atom is 0.270 e. The zero-order chi connectivity index (χ0) is 20.2. The van der Waals surface area contributed by atoms with Crippen LogP contribution in [0.1, 0.15) is 5.56 Å². The van der Waals surface area contributed by atoms with E-state index < -0.39 is 14.9 Å². The Morgan fingerprint density at radius 3 is 2.37 bits per heavy atom. The molecule has 9 heteroatoms. The molecule has 0 bridgehead atoms. The molecule has 0 saturated heterocycles. The monoisotopic (exact) mass is 392 g/mol. The summed E-state index contributed by atoms with van der Waals surface area (Å²) in [5.41, 5.74) is 0.415. The van der Waals surface area contributed by atoms with E-state index in [0.29, 0.717) is 22.7 Å². The molecular formula is C18H20N2O6S. The first kappa shape index (κ1) is 20.2. The van der Waals surface area contributed by atoms with Crippen LogP contribution in [0, 0.1) is 17.0 Å². The normalized spacial score (nSPS) is 10.9. The van der Waals surface area contributed by atoms with Crippen LogP contribution in [-0.4, -0.2) is 34.1 Å². The number of nitro benzene ring substituents is 1. The maximum absolute atomic E-state index is 13.3. The number of nitro groups is 1. The maximum atomic E-state index is 13.3. The first-order chi connectivity index (χ1) is 12.8. The van der Waals surface area contributed by atoms with Crippen LogP contribution in [0.5, 0.6) is 11.5 Å². The van der Waals surface area contributed by atoms with Gasteiger partial charge in [-0.25, -0.2) is 8.42 Å². The van der Waals surface area contributed by atoms with Crippen molar-refractivity contribution in [2.75, 3.05) is 25.1 Å². The SMILES string of the molecule is C=CCN(c1ccc(OC)c(OC)c1)S(=O)(=O)c1cc([N+](=O)[O-])ccc1C. The van der Waals surface area contributed by atoms with Crippen molar-refractivity contribution in [2.24, 2.45) is 0 Å². The zero-order valence-corrected chi connectivity index (χ0v) is 16.0. The van der Waals surface area contributed by atoms with E-state index in [2.05, 4.69) is 6.58 Å². The number of sulfonamides is 1. The van der Waals surface area contributed by atoms with Crippen molar-refractivity contribution in [1.82, 2.24) is 0 Å². The third-order valence-corrected chi connectivity index (χ3v) is 5.84. The summed E-state index contributed by atoms with van der Waals surface area (Å²) in [6.07, 6.45) is 1.43. The molecule has 0 unspecified atom stereocenters. The quantitative estimate of drug-likeness (QED) is 0.388. The van der Waals surface area contributed by atoms with Gasteiger partial charge in [0.1, 0.15) is 0 Å². The Labute approximate surface area is 157 Å². The lowest BCUT2D eigenvalue weighted by Crippen LogP contribution is -2.31. The molecule has 0 aliphatic heterocycles. The Hall–Kier alpha value is -3.07. The number of rotatable bonds is 8. The number of nitrogens with zero attached hydrogens (tertiary/aromatic N) is 2. The van der Waals surface area contributed by atoms with Crippen molar-refractivity contribution in [3.8, 4) is 11.5 Å². The summed E-state index contributed by atoms with van der Waals surface area (Å²) in [6.45, 7) is 5.16. The number of aryl methyl sites for hydroxylation is 1. The number of benzene rings is 2. The average molecular weight is 392 g/mol. The van der Waals surface area contributed by atoms with Gasteiger partial charge in [0, 0.05) is 18.2 Å². The Kier molecular flexibility index (Phi) is 6.06. The summed E-state index contributed by atoms with van der Waals surface area (Å²) in [6, 6.07) is 8.40. The van der Waals surface area contributed by atoms with Gasteiger partial charge in [0.25, 0.3) is 15.7 Å². The van der Waals surface area contributed by atoms with Crippen LogP contribution in [-0.2, 0) is 10.0 Å². The van der Waals surface area contributed by atoms with Crippen LogP contribution >= 0.6 is 0 Å². The van der Waals surface area contributed by atoms with Crippen molar-refractivity contribution >= 4 is 21.4 Å². The number of ether oxygens (including phenoxy) is 2. The second-order valence-electron chi connectivity index (χ2n) is 5.57. The number of non-ortho nitro benzene ring substituents is 1. The predicted octanol–water partition coefficient (Wildman–Crippen LogP) is 3.30. The minimum absolute atomic E-state index is 0.0278. The Morgan fingerprint density at radius 2 is 1.81 bits per heavy atom. The third-order valence-electron chi connectivity index (χ3n) is 3.90. The van der Waals surface area contributed by atoms with Gasteiger partial charge in [-0.1, -0.05) is 12.1 Å². The molecule has 2 aromatic carbocycles. The molecule has 144 valence electrons. The molecule has 0 aliphatic rings.